The zero-order valence-electron chi connectivity index (χ0n) is 12.3. The summed E-state index contributed by atoms with van der Waals surface area (Å²) in [4.78, 5) is 22.3. The summed E-state index contributed by atoms with van der Waals surface area (Å²) in [6, 6.07) is 6.73. The monoisotopic (exact) mass is 372 g/mol. The maximum atomic E-state index is 13.6. The lowest BCUT2D eigenvalue weighted by atomic mass is 10.2. The Labute approximate surface area is 145 Å². The van der Waals surface area contributed by atoms with Gasteiger partial charge in [-0.05, 0) is 25.1 Å². The summed E-state index contributed by atoms with van der Waals surface area (Å²) in [5.41, 5.74) is 0.00750. The smallest absolute Gasteiger partial charge is 0.271 e. The van der Waals surface area contributed by atoms with E-state index in [2.05, 4.69) is 5.32 Å². The second-order valence-electron chi connectivity index (χ2n) is 4.75. The summed E-state index contributed by atoms with van der Waals surface area (Å²) in [6.45, 7) is 1.54. The van der Waals surface area contributed by atoms with Crippen LogP contribution < -0.4 is 5.32 Å². The molecule has 1 unspecified atom stereocenters. The Bertz CT molecular complexity index is 804. The van der Waals surface area contributed by atoms with E-state index in [1.54, 1.807) is 6.92 Å². The minimum absolute atomic E-state index is 0.0164. The van der Waals surface area contributed by atoms with Crippen molar-refractivity contribution in [3.8, 4) is 0 Å². The largest absolute Gasteiger partial charge is 0.324 e. The van der Waals surface area contributed by atoms with E-state index >= 15 is 0 Å². The first-order valence-electron chi connectivity index (χ1n) is 6.64. The number of hydrogen-bond acceptors (Lipinski definition) is 4. The van der Waals surface area contributed by atoms with Gasteiger partial charge in [-0.25, -0.2) is 8.78 Å². The van der Waals surface area contributed by atoms with E-state index in [1.807, 2.05) is 0 Å². The Morgan fingerprint density at radius 2 is 2.00 bits per heavy atom. The van der Waals surface area contributed by atoms with Crippen molar-refractivity contribution in [1.82, 2.24) is 0 Å². The van der Waals surface area contributed by atoms with Gasteiger partial charge in [0.05, 0.1) is 20.9 Å². The molecular formula is C15H11ClF2N2O3S. The number of halogens is 3. The number of anilines is 1. The second-order valence-corrected chi connectivity index (χ2v) is 6.54. The molecule has 0 saturated heterocycles. The van der Waals surface area contributed by atoms with Crippen LogP contribution >= 0.6 is 23.4 Å². The van der Waals surface area contributed by atoms with E-state index < -0.39 is 27.7 Å². The average Bonchev–Trinajstić information content (AvgIpc) is 2.51. The standard InChI is InChI=1S/C15H11ClF2N2O3S/c1-8(24-14-5-2-9(17)6-12(14)18)15(21)19-13-4-3-10(20(22)23)7-11(13)16/h2-8H,1H3,(H,19,21). The molecule has 2 aromatic carbocycles. The SMILES string of the molecule is CC(Sc1ccc(F)cc1F)C(=O)Nc1ccc([N+](=O)[O-])cc1Cl. The number of nitrogens with one attached hydrogen (secondary N) is 1. The van der Waals surface area contributed by atoms with Gasteiger partial charge < -0.3 is 5.32 Å². The van der Waals surface area contributed by atoms with Gasteiger partial charge in [0.1, 0.15) is 11.6 Å². The van der Waals surface area contributed by atoms with Crippen molar-refractivity contribution in [3.05, 3.63) is 63.2 Å². The van der Waals surface area contributed by atoms with Crippen LogP contribution in [-0.2, 0) is 4.79 Å². The molecule has 0 saturated carbocycles. The lowest BCUT2D eigenvalue weighted by Crippen LogP contribution is -2.22. The fourth-order valence-corrected chi connectivity index (χ4v) is 2.86. The number of thioether (sulfide) groups is 1. The highest BCUT2D eigenvalue weighted by molar-refractivity contribution is 8.00. The van der Waals surface area contributed by atoms with Gasteiger partial charge in [0.25, 0.3) is 5.69 Å². The van der Waals surface area contributed by atoms with Crippen LogP contribution in [-0.4, -0.2) is 16.1 Å². The predicted molar refractivity (Wildman–Crippen MR) is 88.4 cm³/mol. The molecule has 1 amide bonds. The Balaban J connectivity index is 2.07. The highest BCUT2D eigenvalue weighted by Gasteiger charge is 2.19. The molecule has 0 aliphatic carbocycles. The first-order valence-corrected chi connectivity index (χ1v) is 7.90. The Morgan fingerprint density at radius 3 is 2.58 bits per heavy atom. The molecule has 1 atom stereocenters. The molecule has 0 aliphatic rings. The number of nitrogens with zero attached hydrogens (tertiary/aromatic N) is 1. The summed E-state index contributed by atoms with van der Waals surface area (Å²) < 4.78 is 26.5. The number of benzene rings is 2. The highest BCUT2D eigenvalue weighted by Crippen LogP contribution is 2.30. The van der Waals surface area contributed by atoms with Gasteiger partial charge in [-0.15, -0.1) is 11.8 Å². The normalized spacial score (nSPS) is 11.8. The summed E-state index contributed by atoms with van der Waals surface area (Å²) in [5.74, 6) is -1.93. The van der Waals surface area contributed by atoms with Crippen LogP contribution in [0.5, 0.6) is 0 Å². The molecule has 0 heterocycles. The van der Waals surface area contributed by atoms with Crippen LogP contribution in [0.2, 0.25) is 5.02 Å². The molecule has 0 fully saturated rings. The summed E-state index contributed by atoms with van der Waals surface area (Å²) in [7, 11) is 0. The van der Waals surface area contributed by atoms with Gasteiger partial charge in [-0.1, -0.05) is 11.6 Å². The molecule has 126 valence electrons. The van der Waals surface area contributed by atoms with Crippen molar-refractivity contribution >= 4 is 40.6 Å². The molecule has 5 nitrogen and oxygen atoms in total. The van der Waals surface area contributed by atoms with Crippen LogP contribution in [0.1, 0.15) is 6.92 Å². The molecule has 9 heteroatoms. The Kier molecular flexibility index (Phi) is 5.74. The average molecular weight is 373 g/mol. The third-order valence-corrected chi connectivity index (χ3v) is 4.45. The maximum absolute atomic E-state index is 13.6. The summed E-state index contributed by atoms with van der Waals surface area (Å²) in [5, 5.41) is 12.5. The van der Waals surface area contributed by atoms with Gasteiger partial charge in [0, 0.05) is 23.1 Å². The van der Waals surface area contributed by atoms with E-state index in [0.29, 0.717) is 0 Å². The zero-order valence-corrected chi connectivity index (χ0v) is 13.8. The topological polar surface area (TPSA) is 72.2 Å². The van der Waals surface area contributed by atoms with Crippen LogP contribution in [0, 0.1) is 21.7 Å². The number of carbonyl (C=O) groups excluding carboxylic acids is 1. The van der Waals surface area contributed by atoms with E-state index in [4.69, 9.17) is 11.6 Å². The fraction of sp³-hybridized carbons (Fsp3) is 0.133. The third-order valence-electron chi connectivity index (χ3n) is 2.99. The number of nitro benzene ring substituents is 1. The molecular weight excluding hydrogens is 362 g/mol. The molecule has 2 aromatic rings. The molecule has 0 aliphatic heterocycles. The lowest BCUT2D eigenvalue weighted by Gasteiger charge is -2.13. The van der Waals surface area contributed by atoms with Crippen LogP contribution in [0.15, 0.2) is 41.3 Å². The first-order chi connectivity index (χ1) is 11.3. The molecule has 24 heavy (non-hydrogen) atoms. The van der Waals surface area contributed by atoms with Gasteiger partial charge >= 0.3 is 0 Å². The molecule has 0 radical (unpaired) electrons. The van der Waals surface area contributed by atoms with E-state index in [-0.39, 0.29) is 21.3 Å². The Hall–Kier alpha value is -2.19. The summed E-state index contributed by atoms with van der Waals surface area (Å²) >= 11 is 6.81. The number of rotatable bonds is 5. The molecule has 1 N–H and O–H groups in total. The lowest BCUT2D eigenvalue weighted by molar-refractivity contribution is -0.384. The van der Waals surface area contributed by atoms with Crippen molar-refractivity contribution in [2.45, 2.75) is 17.1 Å². The quantitative estimate of drug-likeness (QED) is 0.471. The molecule has 0 bridgehead atoms. The number of carbonyl (C=O) groups is 1. The van der Waals surface area contributed by atoms with E-state index in [0.717, 1.165) is 30.0 Å². The highest BCUT2D eigenvalue weighted by atomic mass is 35.5. The third kappa shape index (κ3) is 4.42. The van der Waals surface area contributed by atoms with Crippen molar-refractivity contribution < 1.29 is 18.5 Å². The minimum Gasteiger partial charge on any atom is -0.324 e. The predicted octanol–water partition coefficient (Wildman–Crippen LogP) is 4.65. The van der Waals surface area contributed by atoms with E-state index in [1.165, 1.54) is 18.2 Å². The van der Waals surface area contributed by atoms with Gasteiger partial charge in [-0.3, -0.25) is 14.9 Å². The Morgan fingerprint density at radius 1 is 1.29 bits per heavy atom. The molecule has 0 aromatic heterocycles. The van der Waals surface area contributed by atoms with Crippen LogP contribution in [0.4, 0.5) is 20.2 Å². The number of nitro groups is 1. The fourth-order valence-electron chi connectivity index (χ4n) is 1.77. The minimum atomic E-state index is -0.756. The van der Waals surface area contributed by atoms with Crippen LogP contribution in [0.3, 0.4) is 0 Å². The summed E-state index contributed by atoms with van der Waals surface area (Å²) in [6.07, 6.45) is 0. The number of hydrogen-bond donors (Lipinski definition) is 1. The van der Waals surface area contributed by atoms with E-state index in [9.17, 15) is 23.7 Å². The number of amides is 1. The van der Waals surface area contributed by atoms with Crippen molar-refractivity contribution in [2.75, 3.05) is 5.32 Å². The van der Waals surface area contributed by atoms with Gasteiger partial charge in [0.2, 0.25) is 5.91 Å². The maximum Gasteiger partial charge on any atom is 0.271 e. The first kappa shape index (κ1) is 18.2. The van der Waals surface area contributed by atoms with Gasteiger partial charge in [0.15, 0.2) is 0 Å². The number of non-ortho nitro benzene ring substituents is 1. The zero-order chi connectivity index (χ0) is 17.9. The molecule has 2 rings (SSSR count). The second kappa shape index (κ2) is 7.59. The molecule has 0 spiro atoms. The van der Waals surface area contributed by atoms with Crippen LogP contribution in [0.25, 0.3) is 0 Å². The van der Waals surface area contributed by atoms with Crippen molar-refractivity contribution in [1.29, 1.82) is 0 Å². The van der Waals surface area contributed by atoms with Crippen molar-refractivity contribution in [3.63, 3.8) is 0 Å². The van der Waals surface area contributed by atoms with Gasteiger partial charge in [-0.2, -0.15) is 0 Å². The van der Waals surface area contributed by atoms with Crippen molar-refractivity contribution in [2.24, 2.45) is 0 Å².